The molecular formula is C18H24IN5O. The second-order valence-corrected chi connectivity index (χ2v) is 5.71. The van der Waals surface area contributed by atoms with Crippen molar-refractivity contribution in [3.05, 3.63) is 53.4 Å². The van der Waals surface area contributed by atoms with Gasteiger partial charge in [0.05, 0.1) is 12.2 Å². The van der Waals surface area contributed by atoms with Crippen LogP contribution < -0.4 is 10.6 Å². The molecule has 134 valence electrons. The molecule has 0 aliphatic carbocycles. The largest absolute Gasteiger partial charge is 0.444 e. The van der Waals surface area contributed by atoms with Gasteiger partial charge in [0.15, 0.2) is 5.96 Å². The van der Waals surface area contributed by atoms with Crippen LogP contribution in [0.4, 0.5) is 0 Å². The third kappa shape index (κ3) is 4.75. The summed E-state index contributed by atoms with van der Waals surface area (Å²) in [6.07, 6.45) is 2.99. The SMILES string of the molecule is CN=C(NCCc1c[nH]c2ccccc12)NCc1nc(C)c(C)o1.I. The summed E-state index contributed by atoms with van der Waals surface area (Å²) >= 11 is 0. The molecule has 2 heterocycles. The van der Waals surface area contributed by atoms with Crippen molar-refractivity contribution < 1.29 is 4.42 Å². The van der Waals surface area contributed by atoms with Gasteiger partial charge < -0.3 is 20.0 Å². The molecule has 0 bridgehead atoms. The number of oxazole rings is 1. The maximum absolute atomic E-state index is 5.56. The first-order valence-corrected chi connectivity index (χ1v) is 8.10. The van der Waals surface area contributed by atoms with Crippen molar-refractivity contribution in [3.8, 4) is 0 Å². The van der Waals surface area contributed by atoms with E-state index in [1.807, 2.05) is 19.9 Å². The van der Waals surface area contributed by atoms with Crippen molar-refractivity contribution in [2.45, 2.75) is 26.8 Å². The summed E-state index contributed by atoms with van der Waals surface area (Å²) in [4.78, 5) is 11.9. The van der Waals surface area contributed by atoms with Gasteiger partial charge in [-0.25, -0.2) is 4.98 Å². The van der Waals surface area contributed by atoms with Gasteiger partial charge in [-0.1, -0.05) is 18.2 Å². The molecule has 0 fully saturated rings. The molecule has 0 saturated heterocycles. The van der Waals surface area contributed by atoms with Crippen LogP contribution >= 0.6 is 24.0 Å². The smallest absolute Gasteiger partial charge is 0.214 e. The van der Waals surface area contributed by atoms with Crippen molar-refractivity contribution >= 4 is 40.8 Å². The fourth-order valence-corrected chi connectivity index (χ4v) is 2.65. The Hall–Kier alpha value is -2.03. The van der Waals surface area contributed by atoms with Crippen LogP contribution in [0.15, 0.2) is 39.9 Å². The van der Waals surface area contributed by atoms with Crippen LogP contribution in [-0.4, -0.2) is 29.5 Å². The molecule has 0 aliphatic heterocycles. The lowest BCUT2D eigenvalue weighted by Gasteiger charge is -2.10. The van der Waals surface area contributed by atoms with Gasteiger partial charge in [-0.05, 0) is 31.9 Å². The predicted molar refractivity (Wildman–Crippen MR) is 112 cm³/mol. The Labute approximate surface area is 164 Å². The molecule has 0 aliphatic rings. The van der Waals surface area contributed by atoms with Gasteiger partial charge in [-0.3, -0.25) is 4.99 Å². The summed E-state index contributed by atoms with van der Waals surface area (Å²) < 4.78 is 5.56. The lowest BCUT2D eigenvalue weighted by Crippen LogP contribution is -2.37. The van der Waals surface area contributed by atoms with E-state index in [2.05, 4.69) is 50.0 Å². The Morgan fingerprint density at radius 1 is 1.24 bits per heavy atom. The molecule has 0 unspecified atom stereocenters. The molecule has 0 atom stereocenters. The summed E-state index contributed by atoms with van der Waals surface area (Å²) in [6.45, 7) is 5.17. The van der Waals surface area contributed by atoms with Crippen molar-refractivity contribution in [3.63, 3.8) is 0 Å². The number of hydrogen-bond donors (Lipinski definition) is 3. The number of aromatic nitrogens is 2. The number of nitrogens with zero attached hydrogens (tertiary/aromatic N) is 2. The van der Waals surface area contributed by atoms with Crippen molar-refractivity contribution in [2.75, 3.05) is 13.6 Å². The molecule has 3 rings (SSSR count). The van der Waals surface area contributed by atoms with E-state index in [0.717, 1.165) is 30.4 Å². The molecular weight excluding hydrogens is 429 g/mol. The fraction of sp³-hybridized carbons (Fsp3) is 0.333. The number of nitrogens with one attached hydrogen (secondary N) is 3. The van der Waals surface area contributed by atoms with Crippen LogP contribution in [0.1, 0.15) is 22.9 Å². The van der Waals surface area contributed by atoms with E-state index in [1.54, 1.807) is 7.05 Å². The summed E-state index contributed by atoms with van der Waals surface area (Å²) in [5, 5.41) is 7.81. The van der Waals surface area contributed by atoms with E-state index in [-0.39, 0.29) is 24.0 Å². The first-order valence-electron chi connectivity index (χ1n) is 8.10. The average Bonchev–Trinajstić information content (AvgIpc) is 3.14. The zero-order valence-electron chi connectivity index (χ0n) is 14.7. The van der Waals surface area contributed by atoms with E-state index in [0.29, 0.717) is 12.4 Å². The van der Waals surface area contributed by atoms with Crippen LogP contribution in [0.3, 0.4) is 0 Å². The van der Waals surface area contributed by atoms with Gasteiger partial charge in [-0.2, -0.15) is 0 Å². The minimum atomic E-state index is 0. The van der Waals surface area contributed by atoms with Crippen LogP contribution in [0.25, 0.3) is 10.9 Å². The van der Waals surface area contributed by atoms with Gasteiger partial charge in [-0.15, -0.1) is 24.0 Å². The van der Waals surface area contributed by atoms with Crippen LogP contribution in [-0.2, 0) is 13.0 Å². The maximum atomic E-state index is 5.56. The number of benzene rings is 1. The minimum Gasteiger partial charge on any atom is -0.444 e. The van der Waals surface area contributed by atoms with Gasteiger partial charge in [0.25, 0.3) is 0 Å². The molecule has 6 nitrogen and oxygen atoms in total. The molecule has 25 heavy (non-hydrogen) atoms. The van der Waals surface area contributed by atoms with Gasteiger partial charge in [0.1, 0.15) is 5.76 Å². The molecule has 7 heteroatoms. The zero-order valence-corrected chi connectivity index (χ0v) is 17.0. The average molecular weight is 453 g/mol. The molecule has 0 radical (unpaired) electrons. The fourth-order valence-electron chi connectivity index (χ4n) is 2.65. The molecule has 2 aromatic heterocycles. The Morgan fingerprint density at radius 2 is 2.04 bits per heavy atom. The molecule has 3 N–H and O–H groups in total. The van der Waals surface area contributed by atoms with Crippen LogP contribution in [0.2, 0.25) is 0 Å². The second-order valence-electron chi connectivity index (χ2n) is 5.71. The number of H-pyrrole nitrogens is 1. The Morgan fingerprint density at radius 3 is 2.76 bits per heavy atom. The first-order chi connectivity index (χ1) is 11.7. The quantitative estimate of drug-likeness (QED) is 0.315. The van der Waals surface area contributed by atoms with E-state index in [4.69, 9.17) is 4.42 Å². The van der Waals surface area contributed by atoms with E-state index in [1.165, 1.54) is 16.5 Å². The highest BCUT2D eigenvalue weighted by Gasteiger charge is 2.07. The number of aliphatic imine (C=N–C) groups is 1. The second kappa shape index (κ2) is 8.89. The number of aromatic amines is 1. The number of fused-ring (bicyclic) bond motifs is 1. The molecule has 3 aromatic rings. The molecule has 1 aromatic carbocycles. The highest BCUT2D eigenvalue weighted by molar-refractivity contribution is 14.0. The number of aryl methyl sites for hydroxylation is 2. The highest BCUT2D eigenvalue weighted by atomic mass is 127. The Bertz CT molecular complexity index is 833. The van der Waals surface area contributed by atoms with Gasteiger partial charge in [0.2, 0.25) is 5.89 Å². The minimum absolute atomic E-state index is 0. The standard InChI is InChI=1S/C18H23N5O.HI/c1-12-13(2)24-17(23-12)11-22-18(19-3)20-9-8-14-10-21-16-7-5-4-6-15(14)16;/h4-7,10,21H,8-9,11H2,1-3H3,(H2,19,20,22);1H. The number of guanidine groups is 1. The van der Waals surface area contributed by atoms with Gasteiger partial charge in [0, 0.05) is 30.7 Å². The first kappa shape index (κ1) is 19.3. The van der Waals surface area contributed by atoms with Gasteiger partial charge >= 0.3 is 0 Å². The summed E-state index contributed by atoms with van der Waals surface area (Å²) in [6, 6.07) is 8.33. The van der Waals surface area contributed by atoms with E-state index >= 15 is 0 Å². The molecule has 0 spiro atoms. The Kier molecular flexibility index (Phi) is 6.86. The lowest BCUT2D eigenvalue weighted by molar-refractivity contribution is 0.464. The van der Waals surface area contributed by atoms with E-state index in [9.17, 15) is 0 Å². The topological polar surface area (TPSA) is 78.2 Å². The third-order valence-electron chi connectivity index (χ3n) is 4.07. The van der Waals surface area contributed by atoms with Crippen molar-refractivity contribution in [1.82, 2.24) is 20.6 Å². The monoisotopic (exact) mass is 453 g/mol. The van der Waals surface area contributed by atoms with Crippen molar-refractivity contribution in [2.24, 2.45) is 4.99 Å². The zero-order chi connectivity index (χ0) is 16.9. The maximum Gasteiger partial charge on any atom is 0.214 e. The van der Waals surface area contributed by atoms with Crippen LogP contribution in [0, 0.1) is 13.8 Å². The number of para-hydroxylation sites is 1. The third-order valence-corrected chi connectivity index (χ3v) is 4.07. The lowest BCUT2D eigenvalue weighted by atomic mass is 10.1. The number of rotatable bonds is 5. The Balaban J connectivity index is 0.00000225. The summed E-state index contributed by atoms with van der Waals surface area (Å²) in [7, 11) is 1.76. The highest BCUT2D eigenvalue weighted by Crippen LogP contribution is 2.17. The summed E-state index contributed by atoms with van der Waals surface area (Å²) in [5.41, 5.74) is 3.39. The van der Waals surface area contributed by atoms with E-state index < -0.39 is 0 Å². The summed E-state index contributed by atoms with van der Waals surface area (Å²) in [5.74, 6) is 2.27. The molecule has 0 saturated carbocycles. The normalized spacial score (nSPS) is 11.4. The number of hydrogen-bond acceptors (Lipinski definition) is 3. The number of halogens is 1. The van der Waals surface area contributed by atoms with Crippen molar-refractivity contribution in [1.29, 1.82) is 0 Å². The van der Waals surface area contributed by atoms with Crippen LogP contribution in [0.5, 0.6) is 0 Å². The predicted octanol–water partition coefficient (Wildman–Crippen LogP) is 3.30. The molecule has 0 amide bonds.